The molecule has 0 saturated carbocycles. The molecule has 4 aromatic carbocycles. The summed E-state index contributed by atoms with van der Waals surface area (Å²) in [6.07, 6.45) is 0. The third-order valence-electron chi connectivity index (χ3n) is 5.87. The Morgan fingerprint density at radius 3 is 2.30 bits per heavy atom. The Balaban J connectivity index is 1.82. The van der Waals surface area contributed by atoms with Crippen molar-refractivity contribution in [1.82, 2.24) is 0 Å². The lowest BCUT2D eigenvalue weighted by atomic mass is 9.84. The molecule has 0 radical (unpaired) electrons. The third kappa shape index (κ3) is 1.87. The maximum absolute atomic E-state index is 12.5. The molecule has 2 nitrogen and oxygen atoms in total. The minimum atomic E-state index is -0.204. The SMILES string of the molecule is O=C1OCc2c3c(c4ccccc4c21)[C@H](c1ccccc1)c1ccccc1-3. The predicted octanol–water partition coefficient (Wildman–Crippen LogP) is 5.67. The van der Waals surface area contributed by atoms with E-state index in [0.29, 0.717) is 6.61 Å². The first-order valence-electron chi connectivity index (χ1n) is 9.23. The summed E-state index contributed by atoms with van der Waals surface area (Å²) in [5.41, 5.74) is 8.08. The van der Waals surface area contributed by atoms with Crippen LogP contribution in [0.1, 0.15) is 38.5 Å². The lowest BCUT2D eigenvalue weighted by molar-refractivity contribution is 0.0536. The number of benzene rings is 4. The summed E-state index contributed by atoms with van der Waals surface area (Å²) in [4.78, 5) is 12.5. The van der Waals surface area contributed by atoms with Gasteiger partial charge in [-0.15, -0.1) is 0 Å². The quantitative estimate of drug-likeness (QED) is 0.365. The van der Waals surface area contributed by atoms with Crippen LogP contribution in [0.4, 0.5) is 0 Å². The molecule has 0 N–H and O–H groups in total. The Bertz CT molecular complexity index is 1240. The molecule has 128 valence electrons. The second kappa shape index (κ2) is 5.31. The highest BCUT2D eigenvalue weighted by atomic mass is 16.5. The normalized spacial score (nSPS) is 16.7. The molecule has 4 aromatic rings. The summed E-state index contributed by atoms with van der Waals surface area (Å²) in [7, 11) is 0. The fourth-order valence-corrected chi connectivity index (χ4v) is 4.84. The van der Waals surface area contributed by atoms with Crippen LogP contribution < -0.4 is 0 Å². The molecule has 0 spiro atoms. The van der Waals surface area contributed by atoms with Gasteiger partial charge in [-0.1, -0.05) is 78.9 Å². The highest BCUT2D eigenvalue weighted by molar-refractivity contribution is 6.13. The zero-order chi connectivity index (χ0) is 18.0. The number of carbonyl (C=O) groups excluding carboxylic acids is 1. The molecule has 0 amide bonds. The summed E-state index contributed by atoms with van der Waals surface area (Å²) in [6.45, 7) is 0.358. The van der Waals surface area contributed by atoms with E-state index in [2.05, 4.69) is 66.7 Å². The first-order valence-corrected chi connectivity index (χ1v) is 9.23. The summed E-state index contributed by atoms with van der Waals surface area (Å²) in [5, 5.41) is 2.15. The summed E-state index contributed by atoms with van der Waals surface area (Å²) in [6, 6.07) is 27.4. The maximum atomic E-state index is 12.5. The number of cyclic esters (lactones) is 1. The topological polar surface area (TPSA) is 26.3 Å². The standard InChI is InChI=1S/C25H16O2/c26-25-23-18-12-6-7-13-19(18)24-21(15-8-2-1-3-9-15)16-10-4-5-11-17(16)22(24)20(23)14-27-25/h1-13,21H,14H2/t21-/m1/s1. The fourth-order valence-electron chi connectivity index (χ4n) is 4.84. The summed E-state index contributed by atoms with van der Waals surface area (Å²) >= 11 is 0. The van der Waals surface area contributed by atoms with E-state index < -0.39 is 0 Å². The average Bonchev–Trinajstić information content (AvgIpc) is 3.27. The molecular weight excluding hydrogens is 332 g/mol. The number of rotatable bonds is 1. The fraction of sp³-hybridized carbons (Fsp3) is 0.0800. The number of esters is 1. The predicted molar refractivity (Wildman–Crippen MR) is 106 cm³/mol. The van der Waals surface area contributed by atoms with Crippen molar-refractivity contribution in [2.75, 3.05) is 0 Å². The van der Waals surface area contributed by atoms with Crippen molar-refractivity contribution in [2.24, 2.45) is 0 Å². The van der Waals surface area contributed by atoms with E-state index in [1.165, 1.54) is 27.8 Å². The summed E-state index contributed by atoms with van der Waals surface area (Å²) < 4.78 is 5.47. The van der Waals surface area contributed by atoms with Crippen molar-refractivity contribution in [3.8, 4) is 11.1 Å². The number of hydrogen-bond acceptors (Lipinski definition) is 2. The van der Waals surface area contributed by atoms with Gasteiger partial charge >= 0.3 is 5.97 Å². The van der Waals surface area contributed by atoms with Crippen molar-refractivity contribution >= 4 is 16.7 Å². The van der Waals surface area contributed by atoms with Gasteiger partial charge in [0.15, 0.2) is 0 Å². The van der Waals surface area contributed by atoms with Gasteiger partial charge in [0, 0.05) is 11.5 Å². The van der Waals surface area contributed by atoms with Gasteiger partial charge in [0.1, 0.15) is 6.61 Å². The van der Waals surface area contributed by atoms with Crippen molar-refractivity contribution < 1.29 is 9.53 Å². The average molecular weight is 348 g/mol. The first kappa shape index (κ1) is 14.7. The molecule has 0 saturated heterocycles. The minimum Gasteiger partial charge on any atom is -0.457 e. The first-order chi connectivity index (χ1) is 13.3. The lowest BCUT2D eigenvalue weighted by Gasteiger charge is -2.17. The largest absolute Gasteiger partial charge is 0.457 e. The molecule has 6 rings (SSSR count). The maximum Gasteiger partial charge on any atom is 0.339 e. The zero-order valence-electron chi connectivity index (χ0n) is 14.6. The van der Waals surface area contributed by atoms with Gasteiger partial charge in [-0.3, -0.25) is 0 Å². The second-order valence-corrected chi connectivity index (χ2v) is 7.19. The van der Waals surface area contributed by atoms with Gasteiger partial charge < -0.3 is 4.74 Å². The van der Waals surface area contributed by atoms with Crippen LogP contribution in [0.3, 0.4) is 0 Å². The van der Waals surface area contributed by atoms with Crippen molar-refractivity contribution in [3.63, 3.8) is 0 Å². The molecule has 2 aliphatic rings. The minimum absolute atomic E-state index is 0.170. The van der Waals surface area contributed by atoms with Crippen LogP contribution in [-0.4, -0.2) is 5.97 Å². The number of carbonyl (C=O) groups is 1. The van der Waals surface area contributed by atoms with Crippen LogP contribution in [-0.2, 0) is 11.3 Å². The number of ether oxygens (including phenoxy) is 1. The van der Waals surface area contributed by atoms with Gasteiger partial charge in [0.25, 0.3) is 0 Å². The van der Waals surface area contributed by atoms with Crippen molar-refractivity contribution in [1.29, 1.82) is 0 Å². The van der Waals surface area contributed by atoms with Gasteiger partial charge in [-0.25, -0.2) is 4.79 Å². The Morgan fingerprint density at radius 1 is 0.741 bits per heavy atom. The van der Waals surface area contributed by atoms with Crippen molar-refractivity contribution in [3.05, 3.63) is 107 Å². The van der Waals surface area contributed by atoms with E-state index in [-0.39, 0.29) is 11.9 Å². The van der Waals surface area contributed by atoms with Crippen LogP contribution in [0.25, 0.3) is 21.9 Å². The van der Waals surface area contributed by atoms with Crippen LogP contribution >= 0.6 is 0 Å². The molecule has 0 unspecified atom stereocenters. The van der Waals surface area contributed by atoms with Gasteiger partial charge in [0.05, 0.1) is 5.56 Å². The number of hydrogen-bond donors (Lipinski definition) is 0. The van der Waals surface area contributed by atoms with Crippen molar-refractivity contribution in [2.45, 2.75) is 12.5 Å². The molecule has 0 bridgehead atoms. The molecule has 0 aromatic heterocycles. The third-order valence-corrected chi connectivity index (χ3v) is 5.87. The molecule has 1 aliphatic carbocycles. The van der Waals surface area contributed by atoms with Gasteiger partial charge in [-0.2, -0.15) is 0 Å². The Hall–Kier alpha value is -3.39. The lowest BCUT2D eigenvalue weighted by Crippen LogP contribution is -2.02. The van der Waals surface area contributed by atoms with E-state index in [9.17, 15) is 4.79 Å². The summed E-state index contributed by atoms with van der Waals surface area (Å²) in [5.74, 6) is -0.0343. The molecule has 1 heterocycles. The Kier molecular flexibility index (Phi) is 2.90. The monoisotopic (exact) mass is 348 g/mol. The van der Waals surface area contributed by atoms with Crippen LogP contribution in [0, 0.1) is 0 Å². The molecule has 1 atom stereocenters. The van der Waals surface area contributed by atoms with E-state index in [1.807, 2.05) is 12.1 Å². The smallest absolute Gasteiger partial charge is 0.339 e. The number of fused-ring (bicyclic) bond motifs is 8. The molecule has 2 heteroatoms. The van der Waals surface area contributed by atoms with Crippen LogP contribution in [0.2, 0.25) is 0 Å². The zero-order valence-corrected chi connectivity index (χ0v) is 14.6. The van der Waals surface area contributed by atoms with E-state index in [1.54, 1.807) is 0 Å². The van der Waals surface area contributed by atoms with Gasteiger partial charge in [-0.05, 0) is 38.6 Å². The highest BCUT2D eigenvalue weighted by Crippen LogP contribution is 2.54. The molecule has 27 heavy (non-hydrogen) atoms. The van der Waals surface area contributed by atoms with Crippen LogP contribution in [0.15, 0.2) is 78.9 Å². The van der Waals surface area contributed by atoms with E-state index in [0.717, 1.165) is 21.9 Å². The highest BCUT2D eigenvalue weighted by Gasteiger charge is 2.38. The van der Waals surface area contributed by atoms with Gasteiger partial charge in [0.2, 0.25) is 0 Å². The van der Waals surface area contributed by atoms with E-state index in [4.69, 9.17) is 4.74 Å². The molecule has 0 fully saturated rings. The van der Waals surface area contributed by atoms with Crippen LogP contribution in [0.5, 0.6) is 0 Å². The molecule has 1 aliphatic heterocycles. The molecular formula is C25H16O2. The Morgan fingerprint density at radius 2 is 1.44 bits per heavy atom. The Labute approximate surface area is 157 Å². The van der Waals surface area contributed by atoms with E-state index >= 15 is 0 Å². The second-order valence-electron chi connectivity index (χ2n) is 7.19.